The van der Waals surface area contributed by atoms with E-state index < -0.39 is 23.6 Å². The number of ether oxygens (including phenoxy) is 1. The van der Waals surface area contributed by atoms with Gasteiger partial charge in [0.25, 0.3) is 0 Å². The lowest BCUT2D eigenvalue weighted by molar-refractivity contribution is -0.0325. The fourth-order valence-electron chi connectivity index (χ4n) is 3.03. The maximum atomic E-state index is 13.3. The molecule has 0 saturated heterocycles. The predicted octanol–water partition coefficient (Wildman–Crippen LogP) is 3.75. The zero-order valence-corrected chi connectivity index (χ0v) is 13.4. The third-order valence-corrected chi connectivity index (χ3v) is 4.40. The van der Waals surface area contributed by atoms with Crippen LogP contribution in [0.4, 0.5) is 13.2 Å². The van der Waals surface area contributed by atoms with Gasteiger partial charge in [0, 0.05) is 29.5 Å². The van der Waals surface area contributed by atoms with Crippen molar-refractivity contribution in [3.05, 3.63) is 53.4 Å². The minimum absolute atomic E-state index is 0.0715. The van der Waals surface area contributed by atoms with Gasteiger partial charge in [-0.05, 0) is 12.8 Å². The fourth-order valence-corrected chi connectivity index (χ4v) is 3.03. The van der Waals surface area contributed by atoms with Crippen molar-refractivity contribution >= 4 is 0 Å². The first-order valence-corrected chi connectivity index (χ1v) is 7.48. The van der Waals surface area contributed by atoms with Crippen LogP contribution in [0.15, 0.2) is 35.9 Å². The van der Waals surface area contributed by atoms with Gasteiger partial charge in [0.05, 0.1) is 12.7 Å². The second-order valence-electron chi connectivity index (χ2n) is 6.05. The first-order chi connectivity index (χ1) is 11.3. The number of nitrogens with zero attached hydrogens (tertiary/aromatic N) is 1. The lowest BCUT2D eigenvalue weighted by Crippen LogP contribution is -2.53. The zero-order valence-electron chi connectivity index (χ0n) is 13.4. The predicted molar refractivity (Wildman–Crippen MR) is 82.5 cm³/mol. The summed E-state index contributed by atoms with van der Waals surface area (Å²) >= 11 is 0. The Balaban J connectivity index is 2.26. The first-order valence-electron chi connectivity index (χ1n) is 7.48. The molecule has 0 aliphatic heterocycles. The van der Waals surface area contributed by atoms with Crippen molar-refractivity contribution in [2.24, 2.45) is 17.8 Å². The number of hydrogen-bond acceptors (Lipinski definition) is 3. The molecular formula is C18H18F3NO2. The normalized spacial score (nSPS) is 26.5. The second-order valence-corrected chi connectivity index (χ2v) is 6.05. The van der Waals surface area contributed by atoms with Crippen LogP contribution >= 0.6 is 0 Å². The smallest absolute Gasteiger partial charge is 0.194 e. The lowest BCUT2D eigenvalue weighted by Gasteiger charge is -2.49. The van der Waals surface area contributed by atoms with Gasteiger partial charge < -0.3 is 9.84 Å². The Morgan fingerprint density at radius 3 is 2.46 bits per heavy atom. The third-order valence-electron chi connectivity index (χ3n) is 4.40. The molecule has 1 aromatic rings. The van der Waals surface area contributed by atoms with Crippen molar-refractivity contribution in [1.82, 2.24) is 0 Å². The van der Waals surface area contributed by atoms with E-state index >= 15 is 0 Å². The molecule has 1 saturated carbocycles. The molecule has 24 heavy (non-hydrogen) atoms. The highest BCUT2D eigenvalue weighted by molar-refractivity contribution is 5.32. The maximum Gasteiger partial charge on any atom is 0.194 e. The summed E-state index contributed by atoms with van der Waals surface area (Å²) in [5.74, 6) is -4.88. The summed E-state index contributed by atoms with van der Waals surface area (Å²) in [6.07, 6.45) is 1.33. The molecule has 0 spiro atoms. The van der Waals surface area contributed by atoms with Crippen LogP contribution in [-0.2, 0) is 0 Å². The summed E-state index contributed by atoms with van der Waals surface area (Å²) in [5, 5.41) is 18.3. The van der Waals surface area contributed by atoms with Gasteiger partial charge in [-0.3, -0.25) is 0 Å². The van der Waals surface area contributed by atoms with E-state index in [-0.39, 0.29) is 35.7 Å². The number of benzene rings is 1. The SMILES string of the molecule is C=C(C#N)C1C(C=C(C)CO)C(C)C1Oc1cc(F)c(F)c(F)c1. The topological polar surface area (TPSA) is 53.2 Å². The molecule has 128 valence electrons. The molecule has 0 radical (unpaired) electrons. The Morgan fingerprint density at radius 1 is 1.38 bits per heavy atom. The van der Waals surface area contributed by atoms with Crippen LogP contribution in [0.25, 0.3) is 0 Å². The van der Waals surface area contributed by atoms with Crippen LogP contribution in [0, 0.1) is 46.5 Å². The molecule has 0 aromatic heterocycles. The van der Waals surface area contributed by atoms with Crippen LogP contribution < -0.4 is 4.74 Å². The van der Waals surface area contributed by atoms with Gasteiger partial charge in [0.2, 0.25) is 0 Å². The number of hydrogen-bond donors (Lipinski definition) is 1. The standard InChI is InChI=1S/C18H18F3NO2/c1-9(8-23)4-13-11(3)18(16(13)10(2)7-22)24-12-5-14(19)17(21)15(20)6-12/h4-6,11,13,16,18,23H,2,8H2,1,3H3. The van der Waals surface area contributed by atoms with E-state index in [1.165, 1.54) is 0 Å². The van der Waals surface area contributed by atoms with Gasteiger partial charge in [0.15, 0.2) is 17.5 Å². The molecule has 6 heteroatoms. The van der Waals surface area contributed by atoms with Crippen molar-refractivity contribution < 1.29 is 23.0 Å². The van der Waals surface area contributed by atoms with Gasteiger partial charge in [-0.15, -0.1) is 0 Å². The molecule has 1 N–H and O–H groups in total. The molecule has 1 aliphatic carbocycles. The number of nitriles is 1. The Morgan fingerprint density at radius 2 is 1.96 bits per heavy atom. The van der Waals surface area contributed by atoms with E-state index in [0.29, 0.717) is 0 Å². The first kappa shape index (κ1) is 18.1. The van der Waals surface area contributed by atoms with Crippen LogP contribution in [0.1, 0.15) is 13.8 Å². The van der Waals surface area contributed by atoms with Crippen LogP contribution in [0.2, 0.25) is 0 Å². The maximum absolute atomic E-state index is 13.3. The largest absolute Gasteiger partial charge is 0.489 e. The Hall–Kier alpha value is -2.26. The van der Waals surface area contributed by atoms with Crippen molar-refractivity contribution in [2.45, 2.75) is 20.0 Å². The van der Waals surface area contributed by atoms with E-state index in [2.05, 4.69) is 6.58 Å². The van der Waals surface area contributed by atoms with Gasteiger partial charge in [0.1, 0.15) is 11.9 Å². The van der Waals surface area contributed by atoms with E-state index in [1.54, 1.807) is 6.92 Å². The summed E-state index contributed by atoms with van der Waals surface area (Å²) in [5.41, 5.74) is 1.04. The molecule has 4 unspecified atom stereocenters. The van der Waals surface area contributed by atoms with Crippen LogP contribution in [0.3, 0.4) is 0 Å². The minimum atomic E-state index is -1.55. The molecule has 0 bridgehead atoms. The summed E-state index contributed by atoms with van der Waals surface area (Å²) in [7, 11) is 0. The van der Waals surface area contributed by atoms with Crippen molar-refractivity contribution in [2.75, 3.05) is 6.61 Å². The summed E-state index contributed by atoms with van der Waals surface area (Å²) in [6, 6.07) is 3.54. The summed E-state index contributed by atoms with van der Waals surface area (Å²) in [4.78, 5) is 0. The zero-order chi connectivity index (χ0) is 18.0. The Labute approximate surface area is 138 Å². The van der Waals surface area contributed by atoms with Gasteiger partial charge in [-0.1, -0.05) is 25.2 Å². The lowest BCUT2D eigenvalue weighted by atomic mass is 9.60. The number of aliphatic hydroxyl groups is 1. The van der Waals surface area contributed by atoms with Gasteiger partial charge in [-0.25, -0.2) is 13.2 Å². The van der Waals surface area contributed by atoms with Crippen molar-refractivity contribution in [3.8, 4) is 11.8 Å². The van der Waals surface area contributed by atoms with E-state index in [1.807, 2.05) is 19.1 Å². The number of aliphatic hydroxyl groups excluding tert-OH is 1. The van der Waals surface area contributed by atoms with Crippen molar-refractivity contribution in [3.63, 3.8) is 0 Å². The van der Waals surface area contributed by atoms with Crippen LogP contribution in [0.5, 0.6) is 5.75 Å². The average Bonchev–Trinajstić information content (AvgIpc) is 2.56. The fraction of sp³-hybridized carbons (Fsp3) is 0.389. The monoisotopic (exact) mass is 337 g/mol. The number of allylic oxidation sites excluding steroid dienone is 1. The molecule has 3 nitrogen and oxygen atoms in total. The molecular weight excluding hydrogens is 319 g/mol. The van der Waals surface area contributed by atoms with Crippen molar-refractivity contribution in [1.29, 1.82) is 5.26 Å². The van der Waals surface area contributed by atoms with Gasteiger partial charge in [-0.2, -0.15) is 5.26 Å². The minimum Gasteiger partial charge on any atom is -0.489 e. The van der Waals surface area contributed by atoms with Crippen LogP contribution in [-0.4, -0.2) is 17.8 Å². The Bertz CT molecular complexity index is 700. The Kier molecular flexibility index (Phi) is 5.35. The quantitative estimate of drug-likeness (QED) is 0.506. The second kappa shape index (κ2) is 7.10. The number of halogens is 3. The molecule has 1 fully saturated rings. The van der Waals surface area contributed by atoms with E-state index in [4.69, 9.17) is 15.1 Å². The molecule has 0 heterocycles. The third kappa shape index (κ3) is 3.31. The molecule has 1 aromatic carbocycles. The van der Waals surface area contributed by atoms with E-state index in [0.717, 1.165) is 17.7 Å². The molecule has 0 amide bonds. The summed E-state index contributed by atoms with van der Waals surface area (Å²) in [6.45, 7) is 7.24. The highest BCUT2D eigenvalue weighted by Gasteiger charge is 2.50. The van der Waals surface area contributed by atoms with E-state index in [9.17, 15) is 13.2 Å². The van der Waals surface area contributed by atoms with Gasteiger partial charge >= 0.3 is 0 Å². The molecule has 4 atom stereocenters. The summed E-state index contributed by atoms with van der Waals surface area (Å²) < 4.78 is 45.3. The molecule has 1 aliphatic rings. The molecule has 2 rings (SSSR count). The number of rotatable bonds is 5. The average molecular weight is 337 g/mol. The highest BCUT2D eigenvalue weighted by atomic mass is 19.2. The highest BCUT2D eigenvalue weighted by Crippen LogP contribution is 2.47.